The molecule has 1 aromatic carbocycles. The third kappa shape index (κ3) is 6.31. The second-order valence-electron chi connectivity index (χ2n) is 8.67. The van der Waals surface area contributed by atoms with E-state index < -0.39 is 0 Å². The smallest absolute Gasteiger partial charge is 0.246 e. The SMILES string of the molecule is CCOc1ccc(/C=C/C(=O)N2CCN(Cc3csc(C(C)(C)C)n3)CC2)cc1OC. The van der Waals surface area contributed by atoms with Crippen LogP contribution in [0.5, 0.6) is 11.5 Å². The summed E-state index contributed by atoms with van der Waals surface area (Å²) in [5, 5.41) is 3.33. The van der Waals surface area contributed by atoms with Crippen molar-refractivity contribution in [2.24, 2.45) is 0 Å². The Morgan fingerprint density at radius 3 is 2.55 bits per heavy atom. The molecular weight excluding hydrogens is 410 g/mol. The van der Waals surface area contributed by atoms with Crippen LogP contribution in [0.15, 0.2) is 29.7 Å². The molecule has 1 aromatic heterocycles. The Bertz CT molecular complexity index is 909. The van der Waals surface area contributed by atoms with Crippen LogP contribution in [0.4, 0.5) is 0 Å². The van der Waals surface area contributed by atoms with E-state index in [2.05, 4.69) is 31.1 Å². The molecule has 0 radical (unpaired) electrons. The van der Waals surface area contributed by atoms with Gasteiger partial charge in [-0.2, -0.15) is 0 Å². The normalized spacial score (nSPS) is 15.5. The molecule has 0 atom stereocenters. The van der Waals surface area contributed by atoms with Crippen LogP contribution >= 0.6 is 11.3 Å². The fraction of sp³-hybridized carbons (Fsp3) is 0.500. The highest BCUT2D eigenvalue weighted by Crippen LogP contribution is 2.29. The molecule has 1 saturated heterocycles. The van der Waals surface area contributed by atoms with Crippen molar-refractivity contribution < 1.29 is 14.3 Å². The number of aromatic nitrogens is 1. The third-order valence-corrected chi connectivity index (χ3v) is 6.49. The largest absolute Gasteiger partial charge is 0.493 e. The molecule has 0 spiro atoms. The molecule has 1 aliphatic rings. The minimum Gasteiger partial charge on any atom is -0.493 e. The summed E-state index contributed by atoms with van der Waals surface area (Å²) < 4.78 is 10.9. The van der Waals surface area contributed by atoms with Gasteiger partial charge >= 0.3 is 0 Å². The maximum absolute atomic E-state index is 12.6. The van der Waals surface area contributed by atoms with Gasteiger partial charge in [0, 0.05) is 49.6 Å². The first-order valence-electron chi connectivity index (χ1n) is 10.7. The van der Waals surface area contributed by atoms with E-state index in [1.165, 1.54) is 5.01 Å². The number of hydrogen-bond donors (Lipinski definition) is 0. The summed E-state index contributed by atoms with van der Waals surface area (Å²) in [5.74, 6) is 1.41. The maximum Gasteiger partial charge on any atom is 0.246 e. The first-order chi connectivity index (χ1) is 14.8. The van der Waals surface area contributed by atoms with Crippen molar-refractivity contribution in [3.8, 4) is 11.5 Å². The molecule has 3 rings (SSSR count). The number of nitrogens with zero attached hydrogens (tertiary/aromatic N) is 3. The zero-order valence-electron chi connectivity index (χ0n) is 19.2. The molecule has 6 nitrogen and oxygen atoms in total. The van der Waals surface area contributed by atoms with Crippen LogP contribution in [0.2, 0.25) is 0 Å². The first-order valence-corrected chi connectivity index (χ1v) is 11.6. The van der Waals surface area contributed by atoms with E-state index >= 15 is 0 Å². The summed E-state index contributed by atoms with van der Waals surface area (Å²) in [6.07, 6.45) is 3.47. The van der Waals surface area contributed by atoms with E-state index in [4.69, 9.17) is 14.5 Å². The van der Waals surface area contributed by atoms with Crippen molar-refractivity contribution in [2.75, 3.05) is 39.9 Å². The molecule has 2 aromatic rings. The van der Waals surface area contributed by atoms with E-state index in [-0.39, 0.29) is 11.3 Å². The highest BCUT2D eigenvalue weighted by atomic mass is 32.1. The molecule has 1 aliphatic heterocycles. The summed E-state index contributed by atoms with van der Waals surface area (Å²) in [5.41, 5.74) is 2.12. The van der Waals surface area contributed by atoms with Gasteiger partial charge < -0.3 is 14.4 Å². The molecule has 7 heteroatoms. The molecule has 31 heavy (non-hydrogen) atoms. The fourth-order valence-electron chi connectivity index (χ4n) is 3.42. The molecule has 168 valence electrons. The molecule has 1 fully saturated rings. The van der Waals surface area contributed by atoms with Crippen LogP contribution in [0.1, 0.15) is 44.0 Å². The predicted molar refractivity (Wildman–Crippen MR) is 126 cm³/mol. The van der Waals surface area contributed by atoms with E-state index in [0.29, 0.717) is 18.1 Å². The van der Waals surface area contributed by atoms with Gasteiger partial charge in [-0.1, -0.05) is 26.8 Å². The number of hydrogen-bond acceptors (Lipinski definition) is 6. The summed E-state index contributed by atoms with van der Waals surface area (Å²) in [4.78, 5) is 21.7. The lowest BCUT2D eigenvalue weighted by Crippen LogP contribution is -2.47. The Morgan fingerprint density at radius 2 is 1.94 bits per heavy atom. The lowest BCUT2D eigenvalue weighted by molar-refractivity contribution is -0.127. The van der Waals surface area contributed by atoms with E-state index in [9.17, 15) is 4.79 Å². The number of carbonyl (C=O) groups is 1. The molecule has 0 bridgehead atoms. The number of carbonyl (C=O) groups excluding carboxylic acids is 1. The van der Waals surface area contributed by atoms with Crippen molar-refractivity contribution in [3.63, 3.8) is 0 Å². The molecule has 2 heterocycles. The zero-order valence-corrected chi connectivity index (χ0v) is 20.0. The van der Waals surface area contributed by atoms with Gasteiger partial charge in [0.2, 0.25) is 5.91 Å². The molecular formula is C24H33N3O3S. The first kappa shape index (κ1) is 23.3. The fourth-order valence-corrected chi connectivity index (χ4v) is 4.31. The molecule has 1 amide bonds. The van der Waals surface area contributed by atoms with Crippen LogP contribution in [-0.4, -0.2) is 60.6 Å². The number of thiazole rings is 1. The number of amides is 1. The topological polar surface area (TPSA) is 54.9 Å². The minimum atomic E-state index is 0.0381. The Balaban J connectivity index is 1.51. The number of benzene rings is 1. The minimum absolute atomic E-state index is 0.0381. The number of ether oxygens (including phenoxy) is 2. The third-order valence-electron chi connectivity index (χ3n) is 5.17. The summed E-state index contributed by atoms with van der Waals surface area (Å²) in [6.45, 7) is 13.1. The van der Waals surface area contributed by atoms with Crippen molar-refractivity contribution in [1.29, 1.82) is 0 Å². The van der Waals surface area contributed by atoms with E-state index in [1.54, 1.807) is 24.5 Å². The van der Waals surface area contributed by atoms with Gasteiger partial charge in [-0.25, -0.2) is 4.98 Å². The Morgan fingerprint density at radius 1 is 1.19 bits per heavy atom. The van der Waals surface area contributed by atoms with Crippen LogP contribution in [-0.2, 0) is 16.8 Å². The lowest BCUT2D eigenvalue weighted by atomic mass is 9.98. The van der Waals surface area contributed by atoms with Crippen LogP contribution in [0.3, 0.4) is 0 Å². The molecule has 0 saturated carbocycles. The zero-order chi connectivity index (χ0) is 22.4. The Hall–Kier alpha value is -2.38. The van der Waals surface area contributed by atoms with Gasteiger partial charge in [-0.05, 0) is 30.7 Å². The quantitative estimate of drug-likeness (QED) is 0.600. The highest BCUT2D eigenvalue weighted by Gasteiger charge is 2.22. The van der Waals surface area contributed by atoms with Crippen molar-refractivity contribution >= 4 is 23.3 Å². The van der Waals surface area contributed by atoms with Gasteiger partial charge in [0.05, 0.1) is 24.4 Å². The second kappa shape index (κ2) is 10.3. The van der Waals surface area contributed by atoms with E-state index in [1.807, 2.05) is 36.1 Å². The second-order valence-corrected chi connectivity index (χ2v) is 9.53. The van der Waals surface area contributed by atoms with Gasteiger partial charge in [0.15, 0.2) is 11.5 Å². The van der Waals surface area contributed by atoms with Gasteiger partial charge in [-0.15, -0.1) is 11.3 Å². The van der Waals surface area contributed by atoms with Gasteiger partial charge in [0.25, 0.3) is 0 Å². The van der Waals surface area contributed by atoms with Crippen molar-refractivity contribution in [2.45, 2.75) is 39.7 Å². The maximum atomic E-state index is 12.6. The van der Waals surface area contributed by atoms with Gasteiger partial charge in [0.1, 0.15) is 0 Å². The summed E-state index contributed by atoms with van der Waals surface area (Å²) in [7, 11) is 1.62. The van der Waals surface area contributed by atoms with Crippen molar-refractivity contribution in [1.82, 2.24) is 14.8 Å². The molecule has 0 N–H and O–H groups in total. The number of piperazine rings is 1. The van der Waals surface area contributed by atoms with Crippen LogP contribution < -0.4 is 9.47 Å². The monoisotopic (exact) mass is 443 g/mol. The lowest BCUT2D eigenvalue weighted by Gasteiger charge is -2.33. The average Bonchev–Trinajstić information content (AvgIpc) is 3.22. The summed E-state index contributed by atoms with van der Waals surface area (Å²) in [6, 6.07) is 5.68. The molecule has 0 unspecified atom stereocenters. The van der Waals surface area contributed by atoms with Crippen molar-refractivity contribution in [3.05, 3.63) is 45.9 Å². The predicted octanol–water partition coefficient (Wildman–Crippen LogP) is 4.21. The number of methoxy groups -OCH3 is 1. The number of rotatable bonds is 7. The highest BCUT2D eigenvalue weighted by molar-refractivity contribution is 7.09. The average molecular weight is 444 g/mol. The summed E-state index contributed by atoms with van der Waals surface area (Å²) >= 11 is 1.73. The molecule has 0 aliphatic carbocycles. The van der Waals surface area contributed by atoms with E-state index in [0.717, 1.165) is 44.0 Å². The van der Waals surface area contributed by atoms with Gasteiger partial charge in [-0.3, -0.25) is 9.69 Å². The van der Waals surface area contributed by atoms with Crippen LogP contribution in [0, 0.1) is 0 Å². The standard InChI is InChI=1S/C24H33N3O3S/c1-6-30-20-9-7-18(15-21(20)29-5)8-10-22(28)27-13-11-26(12-14-27)16-19-17-31-23(25-19)24(2,3)4/h7-10,15,17H,6,11-14,16H2,1-5H3/b10-8+. The van der Waals surface area contributed by atoms with Crippen LogP contribution in [0.25, 0.3) is 6.08 Å². The Labute approximate surface area is 189 Å². The Kier molecular flexibility index (Phi) is 7.73.